The number of carbonyl (C=O) groups excluding carboxylic acids is 1. The van der Waals surface area contributed by atoms with Crippen molar-refractivity contribution < 1.29 is 18.3 Å². The Morgan fingerprint density at radius 1 is 1.36 bits per heavy atom. The molecule has 2 atom stereocenters. The first-order chi connectivity index (χ1) is 11.9. The third kappa shape index (κ3) is 5.45. The molecule has 1 aliphatic rings. The monoisotopic (exact) mass is 355 g/mol. The standard InChI is InChI=1S/C18H27F2N3O2/c1-12(2)23-11-14(9-17(23)18(24)21-6-7-25-3)22-10-13-4-5-15(19)16(20)8-13/h4-5,8,12,14,17,22H,6-7,9-11H2,1-3H3,(H,21,24)/t14-,17-/m0/s1. The van der Waals surface area contributed by atoms with Gasteiger partial charge in [0.1, 0.15) is 0 Å². The number of carbonyl (C=O) groups is 1. The van der Waals surface area contributed by atoms with Gasteiger partial charge in [-0.1, -0.05) is 6.07 Å². The van der Waals surface area contributed by atoms with Gasteiger partial charge in [0.25, 0.3) is 0 Å². The van der Waals surface area contributed by atoms with Crippen molar-refractivity contribution in [2.45, 2.75) is 44.9 Å². The SMILES string of the molecule is COCCNC(=O)[C@@H]1C[C@H](NCc2ccc(F)c(F)c2)CN1C(C)C. The second kappa shape index (κ2) is 9.22. The summed E-state index contributed by atoms with van der Waals surface area (Å²) in [7, 11) is 1.60. The van der Waals surface area contributed by atoms with Crippen LogP contribution in [0.5, 0.6) is 0 Å². The van der Waals surface area contributed by atoms with E-state index >= 15 is 0 Å². The van der Waals surface area contributed by atoms with Crippen molar-refractivity contribution in [3.8, 4) is 0 Å². The van der Waals surface area contributed by atoms with E-state index in [2.05, 4.69) is 29.4 Å². The lowest BCUT2D eigenvalue weighted by atomic mass is 10.1. The molecule has 1 saturated heterocycles. The summed E-state index contributed by atoms with van der Waals surface area (Å²) < 4.78 is 31.2. The third-order valence-corrected chi connectivity index (χ3v) is 4.49. The molecular formula is C18H27F2N3O2. The average molecular weight is 355 g/mol. The Morgan fingerprint density at radius 2 is 2.12 bits per heavy atom. The first-order valence-electron chi connectivity index (χ1n) is 8.62. The van der Waals surface area contributed by atoms with E-state index < -0.39 is 11.6 Å². The van der Waals surface area contributed by atoms with Gasteiger partial charge in [-0.25, -0.2) is 8.78 Å². The van der Waals surface area contributed by atoms with Crippen LogP contribution in [0.15, 0.2) is 18.2 Å². The van der Waals surface area contributed by atoms with Crippen LogP contribution in [0.1, 0.15) is 25.8 Å². The molecule has 7 heteroatoms. The lowest BCUT2D eigenvalue weighted by Crippen LogP contribution is -2.46. The minimum absolute atomic E-state index is 0.00266. The number of methoxy groups -OCH3 is 1. The van der Waals surface area contributed by atoms with Crippen molar-refractivity contribution in [1.82, 2.24) is 15.5 Å². The van der Waals surface area contributed by atoms with Crippen molar-refractivity contribution in [2.24, 2.45) is 0 Å². The van der Waals surface area contributed by atoms with Gasteiger partial charge in [0, 0.05) is 38.8 Å². The summed E-state index contributed by atoms with van der Waals surface area (Å²) in [6, 6.07) is 4.07. The fourth-order valence-corrected chi connectivity index (χ4v) is 3.14. The molecule has 1 aromatic carbocycles. The zero-order chi connectivity index (χ0) is 18.4. The molecule has 0 bridgehead atoms. The molecule has 0 aromatic heterocycles. The van der Waals surface area contributed by atoms with E-state index in [9.17, 15) is 13.6 Å². The molecule has 1 heterocycles. The number of benzene rings is 1. The fraction of sp³-hybridized carbons (Fsp3) is 0.611. The third-order valence-electron chi connectivity index (χ3n) is 4.49. The molecule has 0 unspecified atom stereocenters. The lowest BCUT2D eigenvalue weighted by molar-refractivity contribution is -0.126. The van der Waals surface area contributed by atoms with E-state index in [4.69, 9.17) is 4.74 Å². The molecule has 2 N–H and O–H groups in total. The van der Waals surface area contributed by atoms with Crippen LogP contribution >= 0.6 is 0 Å². The second-order valence-electron chi connectivity index (χ2n) is 6.65. The maximum absolute atomic E-state index is 13.3. The summed E-state index contributed by atoms with van der Waals surface area (Å²) in [5.41, 5.74) is 0.683. The number of hydrogen-bond donors (Lipinski definition) is 2. The van der Waals surface area contributed by atoms with E-state index in [0.717, 1.165) is 12.6 Å². The predicted octanol–water partition coefficient (Wildman–Crippen LogP) is 1.67. The Kier molecular flexibility index (Phi) is 7.28. The van der Waals surface area contributed by atoms with Crippen LogP contribution in [0.4, 0.5) is 8.78 Å². The van der Waals surface area contributed by atoms with Crippen molar-refractivity contribution in [1.29, 1.82) is 0 Å². The zero-order valence-electron chi connectivity index (χ0n) is 15.0. The molecule has 1 fully saturated rings. The zero-order valence-corrected chi connectivity index (χ0v) is 15.0. The molecule has 25 heavy (non-hydrogen) atoms. The Morgan fingerprint density at radius 3 is 2.76 bits per heavy atom. The summed E-state index contributed by atoms with van der Waals surface area (Å²) in [5.74, 6) is -1.68. The molecule has 1 aliphatic heterocycles. The first-order valence-corrected chi connectivity index (χ1v) is 8.62. The summed E-state index contributed by atoms with van der Waals surface area (Å²) >= 11 is 0. The van der Waals surface area contributed by atoms with Crippen molar-refractivity contribution in [3.05, 3.63) is 35.4 Å². The molecule has 0 aliphatic carbocycles. The topological polar surface area (TPSA) is 53.6 Å². The summed E-state index contributed by atoms with van der Waals surface area (Å²) in [6.45, 7) is 6.28. The van der Waals surface area contributed by atoms with Gasteiger partial charge in [-0.3, -0.25) is 9.69 Å². The van der Waals surface area contributed by atoms with Crippen LogP contribution in [-0.4, -0.2) is 55.7 Å². The summed E-state index contributed by atoms with van der Waals surface area (Å²) in [6.07, 6.45) is 0.681. The van der Waals surface area contributed by atoms with Gasteiger partial charge in [0.2, 0.25) is 5.91 Å². The number of halogens is 2. The molecule has 0 radical (unpaired) electrons. The van der Waals surface area contributed by atoms with E-state index in [1.165, 1.54) is 6.07 Å². The highest BCUT2D eigenvalue weighted by molar-refractivity contribution is 5.82. The van der Waals surface area contributed by atoms with Gasteiger partial charge in [0.05, 0.1) is 12.6 Å². The first kappa shape index (κ1) is 19.8. The lowest BCUT2D eigenvalue weighted by Gasteiger charge is -2.27. The number of likely N-dealkylation sites (tertiary alicyclic amines) is 1. The van der Waals surface area contributed by atoms with E-state index in [0.29, 0.717) is 31.7 Å². The average Bonchev–Trinajstić information content (AvgIpc) is 3.01. The maximum atomic E-state index is 13.3. The molecule has 2 rings (SSSR count). The van der Waals surface area contributed by atoms with Crippen molar-refractivity contribution >= 4 is 5.91 Å². The second-order valence-corrected chi connectivity index (χ2v) is 6.65. The fourth-order valence-electron chi connectivity index (χ4n) is 3.14. The van der Waals surface area contributed by atoms with Crippen molar-refractivity contribution in [2.75, 3.05) is 26.8 Å². The predicted molar refractivity (Wildman–Crippen MR) is 92.1 cm³/mol. The van der Waals surface area contributed by atoms with E-state index in [1.807, 2.05) is 0 Å². The highest BCUT2D eigenvalue weighted by atomic mass is 19.2. The quantitative estimate of drug-likeness (QED) is 0.697. The van der Waals surface area contributed by atoms with Gasteiger partial charge in [-0.05, 0) is 38.0 Å². The smallest absolute Gasteiger partial charge is 0.237 e. The minimum atomic E-state index is -0.844. The van der Waals surface area contributed by atoms with Crippen LogP contribution < -0.4 is 10.6 Å². The normalized spacial score (nSPS) is 21.0. The number of nitrogens with one attached hydrogen (secondary N) is 2. The molecular weight excluding hydrogens is 328 g/mol. The Labute approximate surface area is 147 Å². The molecule has 1 aromatic rings. The van der Waals surface area contributed by atoms with Crippen molar-refractivity contribution in [3.63, 3.8) is 0 Å². The Balaban J connectivity index is 1.91. The van der Waals surface area contributed by atoms with Gasteiger partial charge in [-0.2, -0.15) is 0 Å². The van der Waals surface area contributed by atoms with Crippen LogP contribution in [0.25, 0.3) is 0 Å². The summed E-state index contributed by atoms with van der Waals surface area (Å²) in [5, 5.41) is 6.24. The number of hydrogen-bond acceptors (Lipinski definition) is 4. The molecule has 140 valence electrons. The highest BCUT2D eigenvalue weighted by Gasteiger charge is 2.37. The highest BCUT2D eigenvalue weighted by Crippen LogP contribution is 2.21. The van der Waals surface area contributed by atoms with Gasteiger partial charge < -0.3 is 15.4 Å². The van der Waals surface area contributed by atoms with Crippen LogP contribution in [-0.2, 0) is 16.1 Å². The molecule has 1 amide bonds. The Bertz CT molecular complexity index is 583. The summed E-state index contributed by atoms with van der Waals surface area (Å²) in [4.78, 5) is 14.6. The van der Waals surface area contributed by atoms with Gasteiger partial charge in [-0.15, -0.1) is 0 Å². The van der Waals surface area contributed by atoms with E-state index in [-0.39, 0.29) is 24.0 Å². The van der Waals surface area contributed by atoms with Crippen LogP contribution in [0, 0.1) is 11.6 Å². The maximum Gasteiger partial charge on any atom is 0.237 e. The van der Waals surface area contributed by atoms with Crippen LogP contribution in [0.3, 0.4) is 0 Å². The number of amides is 1. The molecule has 0 saturated carbocycles. The number of nitrogens with zero attached hydrogens (tertiary/aromatic N) is 1. The Hall–Kier alpha value is -1.57. The van der Waals surface area contributed by atoms with Crippen LogP contribution in [0.2, 0.25) is 0 Å². The minimum Gasteiger partial charge on any atom is -0.383 e. The molecule has 5 nitrogen and oxygen atoms in total. The number of rotatable bonds is 8. The van der Waals surface area contributed by atoms with Gasteiger partial charge >= 0.3 is 0 Å². The molecule has 0 spiro atoms. The number of ether oxygens (including phenoxy) is 1. The van der Waals surface area contributed by atoms with E-state index in [1.54, 1.807) is 13.2 Å². The largest absolute Gasteiger partial charge is 0.383 e. The van der Waals surface area contributed by atoms with Gasteiger partial charge in [0.15, 0.2) is 11.6 Å².